The molecular formula is C15H18N2O2S. The maximum absolute atomic E-state index is 11.2. The molecule has 2 rings (SSSR count). The number of carboxylic acid groups (broad SMARTS) is 1. The Labute approximate surface area is 122 Å². The molecule has 1 aromatic carbocycles. The van der Waals surface area contributed by atoms with Gasteiger partial charge < -0.3 is 10.0 Å². The third-order valence-corrected chi connectivity index (χ3v) is 4.40. The van der Waals surface area contributed by atoms with Gasteiger partial charge in [-0.05, 0) is 30.5 Å². The molecule has 5 heteroatoms. The van der Waals surface area contributed by atoms with Crippen LogP contribution in [0.3, 0.4) is 0 Å². The molecule has 0 aliphatic carbocycles. The Hall–Kier alpha value is -1.88. The summed E-state index contributed by atoms with van der Waals surface area (Å²) in [4.78, 5) is 17.9. The van der Waals surface area contributed by atoms with Gasteiger partial charge in [0.15, 0.2) is 5.13 Å². The molecule has 0 aliphatic heterocycles. The first-order chi connectivity index (χ1) is 9.56. The molecule has 0 bridgehead atoms. The van der Waals surface area contributed by atoms with E-state index in [0.717, 1.165) is 12.1 Å². The Morgan fingerprint density at radius 1 is 1.25 bits per heavy atom. The third kappa shape index (κ3) is 2.82. The van der Waals surface area contributed by atoms with Crippen LogP contribution in [0.25, 0.3) is 0 Å². The van der Waals surface area contributed by atoms with Crippen LogP contribution in [0, 0.1) is 0 Å². The molecule has 0 spiro atoms. The van der Waals surface area contributed by atoms with E-state index in [4.69, 9.17) is 0 Å². The van der Waals surface area contributed by atoms with Crippen molar-refractivity contribution in [2.75, 3.05) is 11.9 Å². The predicted octanol–water partition coefficient (Wildman–Crippen LogP) is 3.73. The topological polar surface area (TPSA) is 53.4 Å². The van der Waals surface area contributed by atoms with Crippen LogP contribution in [0.1, 0.15) is 34.8 Å². The summed E-state index contributed by atoms with van der Waals surface area (Å²) in [6.45, 7) is 4.04. The Bertz CT molecular complexity index is 605. The number of rotatable bonds is 5. The number of hydrogen-bond donors (Lipinski definition) is 1. The molecule has 0 unspecified atom stereocenters. The zero-order valence-electron chi connectivity index (χ0n) is 11.9. The second kappa shape index (κ2) is 6.05. The quantitative estimate of drug-likeness (QED) is 0.911. The van der Waals surface area contributed by atoms with Gasteiger partial charge in [-0.2, -0.15) is 0 Å². The zero-order valence-corrected chi connectivity index (χ0v) is 12.7. The summed E-state index contributed by atoms with van der Waals surface area (Å²) in [5.41, 5.74) is 2.94. The lowest BCUT2D eigenvalue weighted by Crippen LogP contribution is -2.09. The maximum atomic E-state index is 11.2. The van der Waals surface area contributed by atoms with Crippen molar-refractivity contribution in [1.82, 2.24) is 4.98 Å². The average molecular weight is 290 g/mol. The minimum absolute atomic E-state index is 0.333. The van der Waals surface area contributed by atoms with E-state index in [1.165, 1.54) is 16.9 Å². The van der Waals surface area contributed by atoms with Crippen molar-refractivity contribution in [3.05, 3.63) is 40.4 Å². The van der Waals surface area contributed by atoms with Crippen molar-refractivity contribution < 1.29 is 9.90 Å². The van der Waals surface area contributed by atoms with Crippen molar-refractivity contribution in [2.24, 2.45) is 0 Å². The molecule has 0 atom stereocenters. The molecule has 1 heterocycles. The van der Waals surface area contributed by atoms with Crippen LogP contribution >= 0.6 is 11.3 Å². The molecule has 0 amide bonds. The first-order valence-electron chi connectivity index (χ1n) is 6.62. The van der Waals surface area contributed by atoms with Crippen LogP contribution in [0.5, 0.6) is 0 Å². The number of anilines is 2. The molecule has 106 valence electrons. The van der Waals surface area contributed by atoms with Gasteiger partial charge in [0.2, 0.25) is 0 Å². The van der Waals surface area contributed by atoms with E-state index in [0.29, 0.717) is 22.1 Å². The molecule has 0 fully saturated rings. The van der Waals surface area contributed by atoms with Crippen molar-refractivity contribution >= 4 is 28.1 Å². The first kappa shape index (κ1) is 14.5. The van der Waals surface area contributed by atoms with E-state index in [1.807, 2.05) is 31.0 Å². The zero-order chi connectivity index (χ0) is 14.7. The van der Waals surface area contributed by atoms with E-state index >= 15 is 0 Å². The summed E-state index contributed by atoms with van der Waals surface area (Å²) in [7, 11) is 1.91. The summed E-state index contributed by atoms with van der Waals surface area (Å²) >= 11 is 1.22. The number of aromatic carboxylic acids is 1. The predicted molar refractivity (Wildman–Crippen MR) is 82.3 cm³/mol. The minimum atomic E-state index is -0.902. The van der Waals surface area contributed by atoms with Crippen LogP contribution in [-0.4, -0.2) is 23.1 Å². The minimum Gasteiger partial charge on any atom is -0.477 e. The van der Waals surface area contributed by atoms with E-state index in [-0.39, 0.29) is 0 Å². The third-order valence-electron chi connectivity index (χ3n) is 3.23. The normalized spacial score (nSPS) is 10.6. The number of benzene rings is 1. The molecule has 0 saturated heterocycles. The Kier molecular flexibility index (Phi) is 4.39. The second-order valence-corrected chi connectivity index (χ2v) is 5.49. The van der Waals surface area contributed by atoms with Gasteiger partial charge in [-0.3, -0.25) is 0 Å². The fourth-order valence-electron chi connectivity index (χ4n) is 1.96. The number of aromatic nitrogens is 1. The molecule has 0 aliphatic rings. The van der Waals surface area contributed by atoms with Crippen molar-refractivity contribution in [3.63, 3.8) is 0 Å². The summed E-state index contributed by atoms with van der Waals surface area (Å²) in [6, 6.07) is 8.23. The first-order valence-corrected chi connectivity index (χ1v) is 7.44. The number of thiazole rings is 1. The van der Waals surface area contributed by atoms with Gasteiger partial charge in [0.25, 0.3) is 0 Å². The second-order valence-electron chi connectivity index (χ2n) is 4.51. The van der Waals surface area contributed by atoms with Crippen LogP contribution < -0.4 is 4.90 Å². The summed E-state index contributed by atoms with van der Waals surface area (Å²) in [6.07, 6.45) is 1.63. The van der Waals surface area contributed by atoms with Crippen molar-refractivity contribution in [2.45, 2.75) is 26.7 Å². The highest BCUT2D eigenvalue weighted by molar-refractivity contribution is 7.17. The van der Waals surface area contributed by atoms with E-state index in [1.54, 1.807) is 0 Å². The molecule has 20 heavy (non-hydrogen) atoms. The number of nitrogens with zero attached hydrogens (tertiary/aromatic N) is 2. The lowest BCUT2D eigenvalue weighted by molar-refractivity contribution is 0.0701. The van der Waals surface area contributed by atoms with Crippen LogP contribution in [-0.2, 0) is 12.8 Å². The summed E-state index contributed by atoms with van der Waals surface area (Å²) in [5.74, 6) is -0.902. The van der Waals surface area contributed by atoms with Gasteiger partial charge in [-0.25, -0.2) is 9.78 Å². The SMILES string of the molecule is CCc1ccc(N(C)c2nc(CC)c(C(=O)O)s2)cc1. The fraction of sp³-hybridized carbons (Fsp3) is 0.333. The van der Waals surface area contributed by atoms with E-state index < -0.39 is 5.97 Å². The molecule has 1 aromatic heterocycles. The van der Waals surface area contributed by atoms with Gasteiger partial charge in [-0.1, -0.05) is 37.3 Å². The molecule has 1 N–H and O–H groups in total. The molecule has 4 nitrogen and oxygen atoms in total. The highest BCUT2D eigenvalue weighted by Crippen LogP contribution is 2.31. The monoisotopic (exact) mass is 290 g/mol. The number of aryl methyl sites for hydroxylation is 2. The van der Waals surface area contributed by atoms with Gasteiger partial charge >= 0.3 is 5.97 Å². The summed E-state index contributed by atoms with van der Waals surface area (Å²) < 4.78 is 0. The van der Waals surface area contributed by atoms with Gasteiger partial charge in [0.1, 0.15) is 4.88 Å². The maximum Gasteiger partial charge on any atom is 0.347 e. The smallest absolute Gasteiger partial charge is 0.347 e. The van der Waals surface area contributed by atoms with Gasteiger partial charge in [0, 0.05) is 12.7 Å². The Balaban J connectivity index is 2.32. The molecule has 0 saturated carbocycles. The number of carboxylic acids is 1. The largest absolute Gasteiger partial charge is 0.477 e. The van der Waals surface area contributed by atoms with E-state index in [9.17, 15) is 9.90 Å². The molecular weight excluding hydrogens is 272 g/mol. The lowest BCUT2D eigenvalue weighted by Gasteiger charge is -2.16. The van der Waals surface area contributed by atoms with Crippen molar-refractivity contribution in [1.29, 1.82) is 0 Å². The Morgan fingerprint density at radius 3 is 2.35 bits per heavy atom. The number of hydrogen-bond acceptors (Lipinski definition) is 4. The lowest BCUT2D eigenvalue weighted by atomic mass is 10.1. The van der Waals surface area contributed by atoms with Gasteiger partial charge in [0.05, 0.1) is 5.69 Å². The fourth-order valence-corrected chi connectivity index (χ4v) is 2.93. The standard InChI is InChI=1S/C15H18N2O2S/c1-4-10-6-8-11(9-7-10)17(3)15-16-12(5-2)13(20-15)14(18)19/h6-9H,4-5H2,1-3H3,(H,18,19). The number of carbonyl (C=O) groups is 1. The Morgan fingerprint density at radius 2 is 1.90 bits per heavy atom. The van der Waals surface area contributed by atoms with Gasteiger partial charge in [-0.15, -0.1) is 0 Å². The highest BCUT2D eigenvalue weighted by atomic mass is 32.1. The van der Waals surface area contributed by atoms with Crippen LogP contribution in [0.4, 0.5) is 10.8 Å². The molecule has 0 radical (unpaired) electrons. The average Bonchev–Trinajstić information content (AvgIpc) is 2.91. The molecule has 2 aromatic rings. The highest BCUT2D eigenvalue weighted by Gasteiger charge is 2.18. The van der Waals surface area contributed by atoms with Crippen molar-refractivity contribution in [3.8, 4) is 0 Å². The van der Waals surface area contributed by atoms with Crippen LogP contribution in [0.15, 0.2) is 24.3 Å². The van der Waals surface area contributed by atoms with Crippen LogP contribution in [0.2, 0.25) is 0 Å². The summed E-state index contributed by atoms with van der Waals surface area (Å²) in [5, 5.41) is 9.89. The van der Waals surface area contributed by atoms with E-state index in [2.05, 4.69) is 24.0 Å².